The van der Waals surface area contributed by atoms with Crippen molar-refractivity contribution in [2.45, 2.75) is 21.6 Å². The van der Waals surface area contributed by atoms with E-state index in [2.05, 4.69) is 9.97 Å². The molecule has 4 rings (SSSR count). The number of aromatic nitrogens is 2. The van der Waals surface area contributed by atoms with Crippen molar-refractivity contribution in [2.24, 2.45) is 0 Å². The van der Waals surface area contributed by atoms with E-state index in [9.17, 15) is 50.3 Å². The van der Waals surface area contributed by atoms with Crippen LogP contribution in [0.5, 0.6) is 0 Å². The van der Waals surface area contributed by atoms with Crippen LogP contribution in [0.3, 0.4) is 0 Å². The minimum atomic E-state index is -5.08. The fourth-order valence-electron chi connectivity index (χ4n) is 3.94. The van der Waals surface area contributed by atoms with Crippen LogP contribution in [0.2, 0.25) is 0 Å². The molecule has 0 fully saturated rings. The van der Waals surface area contributed by atoms with Gasteiger partial charge in [0.15, 0.2) is 0 Å². The normalized spacial score (nSPS) is 12.0. The van der Waals surface area contributed by atoms with Gasteiger partial charge in [0.1, 0.15) is 5.69 Å². The van der Waals surface area contributed by atoms with Crippen LogP contribution in [0.4, 0.5) is 11.4 Å². The van der Waals surface area contributed by atoms with Crippen LogP contribution in [0, 0.1) is 27.2 Å². The molecule has 0 spiro atoms. The highest BCUT2D eigenvalue weighted by molar-refractivity contribution is 8.04. The van der Waals surface area contributed by atoms with Gasteiger partial charge in [-0.1, -0.05) is 21.9 Å². The van der Waals surface area contributed by atoms with E-state index in [4.69, 9.17) is 0 Å². The Hall–Kier alpha value is -5.18. The van der Waals surface area contributed by atoms with Gasteiger partial charge in [0.25, 0.3) is 47.4 Å². The molecule has 0 N–H and O–H groups in total. The first-order valence-electron chi connectivity index (χ1n) is 12.7. The van der Waals surface area contributed by atoms with Crippen LogP contribution in [0.15, 0.2) is 106 Å². The number of nitrogens with zero attached hydrogens (tertiary/aromatic N) is 6. The number of non-ortho nitro benzene ring substituents is 2. The van der Waals surface area contributed by atoms with E-state index < -0.39 is 90.7 Å². The number of benzene rings is 3. The summed E-state index contributed by atoms with van der Waals surface area (Å²) in [5.74, 6) is -1.31. The molecule has 20 heteroatoms. The van der Waals surface area contributed by atoms with E-state index in [1.165, 1.54) is 18.2 Å². The summed E-state index contributed by atoms with van der Waals surface area (Å²) >= 11 is 0. The van der Waals surface area contributed by atoms with Crippen LogP contribution in [0.1, 0.15) is 16.2 Å². The zero-order valence-corrected chi connectivity index (χ0v) is 25.9. The van der Waals surface area contributed by atoms with E-state index in [0.717, 1.165) is 73.1 Å². The Labute approximate surface area is 262 Å². The van der Waals surface area contributed by atoms with Crippen LogP contribution in [-0.2, 0) is 30.1 Å². The first-order valence-corrected chi connectivity index (χ1v) is 17.1. The number of hydrogen-bond donors (Lipinski definition) is 0. The zero-order chi connectivity index (χ0) is 33.9. The number of carbonyl (C=O) groups excluding carboxylic acids is 1. The van der Waals surface area contributed by atoms with E-state index in [-0.39, 0.29) is 8.02 Å². The quantitative estimate of drug-likeness (QED) is 0.154. The summed E-state index contributed by atoms with van der Waals surface area (Å²) in [4.78, 5) is 40.2. The van der Waals surface area contributed by atoms with E-state index in [1.807, 2.05) is 0 Å². The fourth-order valence-corrected chi connectivity index (χ4v) is 8.95. The van der Waals surface area contributed by atoms with Crippen molar-refractivity contribution in [2.75, 3.05) is 13.1 Å². The Balaban J connectivity index is 1.83. The van der Waals surface area contributed by atoms with Crippen LogP contribution >= 0.6 is 0 Å². The molecule has 0 aliphatic heterocycles. The lowest BCUT2D eigenvalue weighted by atomic mass is 10.3. The molecule has 0 radical (unpaired) electrons. The van der Waals surface area contributed by atoms with Crippen molar-refractivity contribution in [3.05, 3.63) is 123 Å². The topological polar surface area (TPSA) is 238 Å². The van der Waals surface area contributed by atoms with E-state index >= 15 is 0 Å². The van der Waals surface area contributed by atoms with Crippen LogP contribution in [0.25, 0.3) is 0 Å². The number of rotatable bonds is 12. The predicted molar refractivity (Wildman–Crippen MR) is 159 cm³/mol. The molecule has 0 unspecified atom stereocenters. The maximum absolute atomic E-state index is 13.8. The van der Waals surface area contributed by atoms with Gasteiger partial charge in [-0.2, -0.15) is 0 Å². The minimum Gasteiger partial charge on any atom is -0.266 e. The molecule has 0 aliphatic carbocycles. The van der Waals surface area contributed by atoms with Crippen molar-refractivity contribution in [1.82, 2.24) is 18.0 Å². The molecule has 0 bridgehead atoms. The number of amides is 1. The van der Waals surface area contributed by atoms with Crippen molar-refractivity contribution in [3.8, 4) is 0 Å². The number of nitro groups is 2. The summed E-state index contributed by atoms with van der Waals surface area (Å²) in [7, 11) is -15.0. The third-order valence-electron chi connectivity index (χ3n) is 6.27. The van der Waals surface area contributed by atoms with Gasteiger partial charge in [-0.3, -0.25) is 30.0 Å². The van der Waals surface area contributed by atoms with Crippen LogP contribution in [-0.4, -0.2) is 72.1 Å². The minimum absolute atomic E-state index is 0.0248. The number of sulfonamides is 3. The first kappa shape index (κ1) is 33.7. The SMILES string of the molecule is Cc1cnc(C(=O)N(CCN(S(=O)(=O)c2ccccc2)S(=O)(=O)c2ccc([N+](=O)[O-])cc2)S(=O)(=O)c2ccc([N+](=O)[O-])cc2)cn1. The average Bonchev–Trinajstić information content (AvgIpc) is 3.03. The fraction of sp³-hybridized carbons (Fsp3) is 0.115. The Kier molecular flexibility index (Phi) is 9.56. The molecule has 0 atom stereocenters. The monoisotopic (exact) mass is 690 g/mol. The molecule has 240 valence electrons. The molecule has 3 aromatic carbocycles. The van der Waals surface area contributed by atoms with Crippen LogP contribution < -0.4 is 0 Å². The van der Waals surface area contributed by atoms with Gasteiger partial charge in [-0.15, -0.1) is 0 Å². The number of aryl methyl sites for hydroxylation is 1. The summed E-state index contributed by atoms with van der Waals surface area (Å²) < 4.78 is 82.7. The number of nitro benzene ring substituents is 2. The number of carbonyl (C=O) groups is 1. The Bertz CT molecular complexity index is 2110. The predicted octanol–water partition coefficient (Wildman–Crippen LogP) is 2.51. The lowest BCUT2D eigenvalue weighted by molar-refractivity contribution is -0.385. The van der Waals surface area contributed by atoms with Gasteiger partial charge in [0.05, 0.1) is 43.0 Å². The molecule has 46 heavy (non-hydrogen) atoms. The smallest absolute Gasteiger partial charge is 0.266 e. The van der Waals surface area contributed by atoms with Gasteiger partial charge in [-0.05, 0) is 43.3 Å². The molecule has 17 nitrogen and oxygen atoms in total. The largest absolute Gasteiger partial charge is 0.287 e. The summed E-state index contributed by atoms with van der Waals surface area (Å²) in [6.45, 7) is -0.707. The number of hydrogen-bond acceptors (Lipinski definition) is 13. The standard InChI is InChI=1S/C26H22N6O11S3/c1-19-17-28-25(18-27-19)26(33)29(44(38,39)23-11-7-20(8-12-23)31(34)35)15-16-30(45(40,41)22-5-3-2-4-6-22)46(42,43)24-13-9-21(10-14-24)32(36)37/h2-14,17-18H,15-16H2,1H3. The second-order valence-electron chi connectivity index (χ2n) is 9.25. The molecule has 0 saturated heterocycles. The van der Waals surface area contributed by atoms with Gasteiger partial charge >= 0.3 is 0 Å². The zero-order valence-electron chi connectivity index (χ0n) is 23.5. The van der Waals surface area contributed by atoms with Crippen molar-refractivity contribution in [1.29, 1.82) is 0 Å². The maximum Gasteiger partial charge on any atom is 0.287 e. The van der Waals surface area contributed by atoms with Crippen molar-refractivity contribution < 1.29 is 39.9 Å². The molecule has 1 amide bonds. The average molecular weight is 691 g/mol. The van der Waals surface area contributed by atoms with Gasteiger partial charge < -0.3 is 0 Å². The first-order chi connectivity index (χ1) is 21.6. The molecular weight excluding hydrogens is 669 g/mol. The van der Waals surface area contributed by atoms with Crippen molar-refractivity contribution in [3.63, 3.8) is 0 Å². The molecule has 1 aromatic heterocycles. The van der Waals surface area contributed by atoms with E-state index in [1.54, 1.807) is 6.92 Å². The van der Waals surface area contributed by atoms with Gasteiger partial charge in [-0.25, -0.2) is 34.5 Å². The summed E-state index contributed by atoms with van der Waals surface area (Å²) in [6.07, 6.45) is 2.12. The molecule has 4 aromatic rings. The van der Waals surface area contributed by atoms with Gasteiger partial charge in [0, 0.05) is 37.0 Å². The second-order valence-corrected chi connectivity index (χ2v) is 15.1. The Morgan fingerprint density at radius 3 is 1.54 bits per heavy atom. The highest BCUT2D eigenvalue weighted by Gasteiger charge is 2.39. The highest BCUT2D eigenvalue weighted by Crippen LogP contribution is 2.27. The third kappa shape index (κ3) is 6.88. The van der Waals surface area contributed by atoms with Crippen molar-refractivity contribution >= 4 is 47.4 Å². The Morgan fingerprint density at radius 2 is 1.11 bits per heavy atom. The van der Waals surface area contributed by atoms with E-state index in [0.29, 0.717) is 5.69 Å². The lowest BCUT2D eigenvalue weighted by Crippen LogP contribution is -2.46. The summed E-state index contributed by atoms with van der Waals surface area (Å²) in [5.41, 5.74) is -1.07. The second kappa shape index (κ2) is 13.0. The third-order valence-corrected chi connectivity index (χ3v) is 12.4. The highest BCUT2D eigenvalue weighted by atomic mass is 32.3. The molecule has 1 heterocycles. The summed E-state index contributed by atoms with van der Waals surface area (Å²) in [5, 5.41) is 22.2. The Morgan fingerprint density at radius 1 is 0.652 bits per heavy atom. The summed E-state index contributed by atoms with van der Waals surface area (Å²) in [6, 6.07) is 13.0. The van der Waals surface area contributed by atoms with Gasteiger partial charge in [0.2, 0.25) is 0 Å². The lowest BCUT2D eigenvalue weighted by Gasteiger charge is -2.27. The maximum atomic E-state index is 13.8. The molecule has 0 saturated carbocycles. The molecular formula is C26H22N6O11S3. The molecule has 0 aliphatic rings.